The van der Waals surface area contributed by atoms with Crippen molar-refractivity contribution in [2.75, 3.05) is 25.2 Å². The fourth-order valence-corrected chi connectivity index (χ4v) is 3.07. The lowest BCUT2D eigenvalue weighted by Crippen LogP contribution is -2.21. The van der Waals surface area contributed by atoms with E-state index in [0.29, 0.717) is 6.04 Å². The highest BCUT2D eigenvalue weighted by atomic mass is 32.2. The Balaban J connectivity index is 2.23. The third-order valence-electron chi connectivity index (χ3n) is 3.18. The first-order valence-corrected chi connectivity index (χ1v) is 7.52. The molecule has 0 saturated carbocycles. The second kappa shape index (κ2) is 6.31. The number of thioether (sulfide) groups is 1. The molecule has 0 aromatic heterocycles. The Kier molecular flexibility index (Phi) is 4.75. The minimum absolute atomic E-state index is 0.396. The topological polar surface area (TPSA) is 21.3 Å². The van der Waals surface area contributed by atoms with Crippen LogP contribution in [0.4, 0.5) is 0 Å². The second-order valence-corrected chi connectivity index (χ2v) is 5.61. The van der Waals surface area contributed by atoms with Crippen molar-refractivity contribution >= 4 is 11.8 Å². The largest absolute Gasteiger partial charge is 0.493 e. The first-order valence-electron chi connectivity index (χ1n) is 6.36. The number of hydrogen-bond donors (Lipinski definition) is 1. The number of aryl methyl sites for hydroxylation is 1. The summed E-state index contributed by atoms with van der Waals surface area (Å²) in [6, 6.07) is 6.94. The lowest BCUT2D eigenvalue weighted by molar-refractivity contribution is 0.283. The Morgan fingerprint density at radius 3 is 3.12 bits per heavy atom. The zero-order chi connectivity index (χ0) is 12.1. The van der Waals surface area contributed by atoms with Crippen molar-refractivity contribution in [3.8, 4) is 5.75 Å². The third kappa shape index (κ3) is 2.96. The highest BCUT2D eigenvalue weighted by Crippen LogP contribution is 2.33. The molecule has 2 nitrogen and oxygen atoms in total. The zero-order valence-electron chi connectivity index (χ0n) is 10.7. The molecule has 1 aromatic rings. The van der Waals surface area contributed by atoms with Gasteiger partial charge in [-0.1, -0.05) is 25.1 Å². The lowest BCUT2D eigenvalue weighted by Gasteiger charge is -2.24. The third-order valence-corrected chi connectivity index (χ3v) is 4.15. The van der Waals surface area contributed by atoms with Crippen LogP contribution in [-0.4, -0.2) is 25.2 Å². The minimum atomic E-state index is 0.396. The molecule has 0 radical (unpaired) electrons. The van der Waals surface area contributed by atoms with E-state index in [1.165, 1.54) is 11.1 Å². The van der Waals surface area contributed by atoms with Crippen LogP contribution >= 0.6 is 11.8 Å². The van der Waals surface area contributed by atoms with E-state index in [2.05, 4.69) is 30.4 Å². The molecule has 0 amide bonds. The maximum atomic E-state index is 5.87. The first kappa shape index (κ1) is 12.8. The molecule has 1 aliphatic heterocycles. The smallest absolute Gasteiger partial charge is 0.127 e. The molecular weight excluding hydrogens is 230 g/mol. The van der Waals surface area contributed by atoms with E-state index >= 15 is 0 Å². The number of nitrogens with one attached hydrogen (secondary N) is 1. The maximum Gasteiger partial charge on any atom is 0.127 e. The zero-order valence-corrected chi connectivity index (χ0v) is 11.5. The van der Waals surface area contributed by atoms with Gasteiger partial charge in [-0.05, 0) is 31.2 Å². The molecule has 0 fully saturated rings. The molecule has 1 unspecified atom stereocenters. The molecule has 1 aromatic carbocycles. The summed E-state index contributed by atoms with van der Waals surface area (Å²) >= 11 is 1.97. The van der Waals surface area contributed by atoms with E-state index in [9.17, 15) is 0 Å². The van der Waals surface area contributed by atoms with Gasteiger partial charge in [-0.15, -0.1) is 0 Å². The summed E-state index contributed by atoms with van der Waals surface area (Å²) in [5.74, 6) is 3.40. The van der Waals surface area contributed by atoms with Crippen LogP contribution in [-0.2, 0) is 6.42 Å². The van der Waals surface area contributed by atoms with Crippen molar-refractivity contribution < 1.29 is 4.74 Å². The van der Waals surface area contributed by atoms with Gasteiger partial charge in [0.25, 0.3) is 0 Å². The Morgan fingerprint density at radius 2 is 2.35 bits per heavy atom. The normalized spacial score (nSPS) is 16.1. The molecule has 1 atom stereocenters. The molecular formula is C14H21NOS. The molecule has 1 aliphatic rings. The SMILES string of the molecule is CCSCC(NC)c1cccc2c1OCCC2. The van der Waals surface area contributed by atoms with Crippen LogP contribution in [0.3, 0.4) is 0 Å². The fraction of sp³-hybridized carbons (Fsp3) is 0.571. The molecule has 1 heterocycles. The van der Waals surface area contributed by atoms with Gasteiger partial charge in [0, 0.05) is 17.4 Å². The van der Waals surface area contributed by atoms with Gasteiger partial charge < -0.3 is 10.1 Å². The highest BCUT2D eigenvalue weighted by molar-refractivity contribution is 7.99. The molecule has 0 saturated heterocycles. The van der Waals surface area contributed by atoms with Gasteiger partial charge >= 0.3 is 0 Å². The summed E-state index contributed by atoms with van der Waals surface area (Å²) in [6.07, 6.45) is 2.30. The number of fused-ring (bicyclic) bond motifs is 1. The van der Waals surface area contributed by atoms with Gasteiger partial charge in [0.2, 0.25) is 0 Å². The summed E-state index contributed by atoms with van der Waals surface area (Å²) in [7, 11) is 2.03. The highest BCUT2D eigenvalue weighted by Gasteiger charge is 2.19. The van der Waals surface area contributed by atoms with Crippen LogP contribution in [0.5, 0.6) is 5.75 Å². The van der Waals surface area contributed by atoms with Crippen LogP contribution in [0.25, 0.3) is 0 Å². The van der Waals surface area contributed by atoms with Gasteiger partial charge in [-0.2, -0.15) is 11.8 Å². The maximum absolute atomic E-state index is 5.87. The molecule has 94 valence electrons. The second-order valence-electron chi connectivity index (χ2n) is 4.29. The first-order chi connectivity index (χ1) is 8.36. The van der Waals surface area contributed by atoms with Crippen LogP contribution in [0.2, 0.25) is 0 Å². The lowest BCUT2D eigenvalue weighted by atomic mass is 9.99. The molecule has 1 N–H and O–H groups in total. The molecule has 0 spiro atoms. The Hall–Kier alpha value is -0.670. The quantitative estimate of drug-likeness (QED) is 0.869. The summed E-state index contributed by atoms with van der Waals surface area (Å²) < 4.78 is 5.87. The van der Waals surface area contributed by atoms with E-state index in [1.54, 1.807) is 0 Å². The van der Waals surface area contributed by atoms with E-state index < -0.39 is 0 Å². The van der Waals surface area contributed by atoms with Gasteiger partial charge in [0.15, 0.2) is 0 Å². The van der Waals surface area contributed by atoms with Crippen LogP contribution in [0.1, 0.15) is 30.5 Å². The van der Waals surface area contributed by atoms with Crippen molar-refractivity contribution in [1.29, 1.82) is 0 Å². The van der Waals surface area contributed by atoms with Gasteiger partial charge in [-0.3, -0.25) is 0 Å². The van der Waals surface area contributed by atoms with E-state index in [4.69, 9.17) is 4.74 Å². The molecule has 3 heteroatoms. The van der Waals surface area contributed by atoms with Crippen LogP contribution < -0.4 is 10.1 Å². The Bertz CT molecular complexity index is 367. The van der Waals surface area contributed by atoms with Crippen LogP contribution in [0, 0.1) is 0 Å². The summed E-state index contributed by atoms with van der Waals surface area (Å²) in [6.45, 7) is 3.07. The molecule has 17 heavy (non-hydrogen) atoms. The van der Waals surface area contributed by atoms with Crippen molar-refractivity contribution in [2.24, 2.45) is 0 Å². The van der Waals surface area contributed by atoms with Gasteiger partial charge in [-0.25, -0.2) is 0 Å². The van der Waals surface area contributed by atoms with Gasteiger partial charge in [0.05, 0.1) is 6.61 Å². The van der Waals surface area contributed by atoms with Gasteiger partial charge in [0.1, 0.15) is 5.75 Å². The molecule has 0 aliphatic carbocycles. The predicted octanol–water partition coefficient (Wildman–Crippen LogP) is 3.03. The van der Waals surface area contributed by atoms with Crippen molar-refractivity contribution in [3.05, 3.63) is 29.3 Å². The average molecular weight is 251 g/mol. The Morgan fingerprint density at radius 1 is 1.47 bits per heavy atom. The van der Waals surface area contributed by atoms with E-state index in [1.807, 2.05) is 18.8 Å². The number of hydrogen-bond acceptors (Lipinski definition) is 3. The number of ether oxygens (including phenoxy) is 1. The number of para-hydroxylation sites is 1. The van der Waals surface area contributed by atoms with E-state index in [-0.39, 0.29) is 0 Å². The van der Waals surface area contributed by atoms with Crippen LogP contribution in [0.15, 0.2) is 18.2 Å². The fourth-order valence-electron chi connectivity index (χ4n) is 2.25. The standard InChI is InChI=1S/C14H21NOS/c1-3-17-10-13(15-2)12-8-4-6-11-7-5-9-16-14(11)12/h4,6,8,13,15H,3,5,7,9-10H2,1-2H3. The Labute approximate surface area is 108 Å². The number of rotatable bonds is 5. The molecule has 2 rings (SSSR count). The minimum Gasteiger partial charge on any atom is -0.493 e. The monoisotopic (exact) mass is 251 g/mol. The average Bonchev–Trinajstić information content (AvgIpc) is 2.40. The predicted molar refractivity (Wildman–Crippen MR) is 75.1 cm³/mol. The van der Waals surface area contributed by atoms with Crippen molar-refractivity contribution in [3.63, 3.8) is 0 Å². The summed E-state index contributed by atoms with van der Waals surface area (Å²) in [4.78, 5) is 0. The van der Waals surface area contributed by atoms with Crippen molar-refractivity contribution in [2.45, 2.75) is 25.8 Å². The van der Waals surface area contributed by atoms with Crippen molar-refractivity contribution in [1.82, 2.24) is 5.32 Å². The summed E-state index contributed by atoms with van der Waals surface area (Å²) in [5.41, 5.74) is 2.70. The summed E-state index contributed by atoms with van der Waals surface area (Å²) in [5, 5.41) is 3.40. The number of benzene rings is 1. The van der Waals surface area contributed by atoms with E-state index in [0.717, 1.165) is 36.7 Å². The molecule has 0 bridgehead atoms.